The summed E-state index contributed by atoms with van der Waals surface area (Å²) in [4.78, 5) is 33.3. The van der Waals surface area contributed by atoms with Gasteiger partial charge >= 0.3 is 20.4 Å². The number of halogens is 1. The van der Waals surface area contributed by atoms with Gasteiger partial charge in [-0.25, -0.2) is 34.4 Å². The van der Waals surface area contributed by atoms with Crippen molar-refractivity contribution in [3.63, 3.8) is 0 Å². The molecule has 0 aliphatic rings. The second-order valence-corrected chi connectivity index (χ2v) is 16.3. The van der Waals surface area contributed by atoms with Crippen LogP contribution in [0.1, 0.15) is 0 Å². The Bertz CT molecular complexity index is 3160. The van der Waals surface area contributed by atoms with Crippen LogP contribution in [0.25, 0.3) is 22.8 Å². The zero-order valence-electron chi connectivity index (χ0n) is 35.3. The number of para-hydroxylation sites is 4. The number of pyridine rings is 4. The number of rotatable bonds is 17. The molecule has 0 amide bonds. The number of nitrogens with one attached hydrogen (secondary N) is 4. The highest BCUT2D eigenvalue weighted by atomic mass is 35.5. The molecule has 0 aliphatic carbocycles. The number of hydrogen-bond donors (Lipinski definition) is 4. The number of nitrogens with zero attached hydrogens (tertiary/aromatic N) is 8. The van der Waals surface area contributed by atoms with Crippen molar-refractivity contribution in [3.8, 4) is 63.2 Å². The van der Waals surface area contributed by atoms with E-state index in [1.165, 1.54) is 45.9 Å². The van der Waals surface area contributed by atoms with Crippen molar-refractivity contribution < 1.29 is 40.5 Å². The number of ether oxygens (including phenoxy) is 5. The molecule has 0 saturated heterocycles. The van der Waals surface area contributed by atoms with Crippen LogP contribution in [0, 0.1) is 0 Å². The van der Waals surface area contributed by atoms with Crippen LogP contribution < -0.4 is 42.6 Å². The van der Waals surface area contributed by atoms with E-state index in [0.717, 1.165) is 0 Å². The van der Waals surface area contributed by atoms with E-state index in [1.54, 1.807) is 122 Å². The number of methoxy groups -OCH3 is 3. The van der Waals surface area contributed by atoms with E-state index in [4.69, 9.17) is 35.3 Å². The molecule has 0 spiro atoms. The van der Waals surface area contributed by atoms with Crippen LogP contribution in [-0.4, -0.2) is 78.0 Å². The van der Waals surface area contributed by atoms with Crippen molar-refractivity contribution >= 4 is 55.3 Å². The van der Waals surface area contributed by atoms with Gasteiger partial charge in [-0.05, 0) is 72.8 Å². The van der Waals surface area contributed by atoms with E-state index < -0.39 is 20.4 Å². The number of hydrogen-bond acceptors (Lipinski definition) is 17. The van der Waals surface area contributed by atoms with Gasteiger partial charge in [0.2, 0.25) is 11.5 Å². The Kier molecular flexibility index (Phi) is 15.0. The predicted octanol–water partition coefficient (Wildman–Crippen LogP) is 7.67. The summed E-state index contributed by atoms with van der Waals surface area (Å²) < 4.78 is 88.7. The van der Waals surface area contributed by atoms with Crippen LogP contribution in [0.5, 0.6) is 40.4 Å². The summed E-state index contributed by atoms with van der Waals surface area (Å²) in [5.74, 6) is 1.53. The Hall–Kier alpha value is -8.41. The molecule has 24 heteroatoms. The Morgan fingerprint density at radius 3 is 1.30 bits per heavy atom. The van der Waals surface area contributed by atoms with Gasteiger partial charge in [-0.1, -0.05) is 48.0 Å². The minimum absolute atomic E-state index is 0.00301. The van der Waals surface area contributed by atoms with Crippen molar-refractivity contribution in [1.82, 2.24) is 39.9 Å². The van der Waals surface area contributed by atoms with Crippen molar-refractivity contribution in [2.45, 2.75) is 0 Å². The molecule has 0 bridgehead atoms. The molecule has 0 radical (unpaired) electrons. The van der Waals surface area contributed by atoms with E-state index in [2.05, 4.69) is 58.8 Å². The van der Waals surface area contributed by atoms with E-state index in [0.29, 0.717) is 34.1 Å². The lowest BCUT2D eigenvalue weighted by molar-refractivity contribution is 0.348. The molecular formula is C43H37ClN12O9S2. The van der Waals surface area contributed by atoms with Crippen LogP contribution >= 0.6 is 11.6 Å². The molecule has 21 nitrogen and oxygen atoms in total. The fourth-order valence-electron chi connectivity index (χ4n) is 5.63. The molecule has 2 aromatic carbocycles. The average molecular weight is 965 g/mol. The maximum absolute atomic E-state index is 12.9. The summed E-state index contributed by atoms with van der Waals surface area (Å²) >= 11 is 6.42. The van der Waals surface area contributed by atoms with Crippen LogP contribution in [0.4, 0.5) is 23.3 Å². The minimum atomic E-state index is -4.17. The Morgan fingerprint density at radius 1 is 0.448 bits per heavy atom. The normalized spacial score (nSPS) is 10.9. The molecule has 67 heavy (non-hydrogen) atoms. The quantitative estimate of drug-likeness (QED) is 0.0638. The first-order valence-corrected chi connectivity index (χ1v) is 22.7. The second-order valence-electron chi connectivity index (χ2n) is 13.1. The SMILES string of the molecule is COc1ccccc1Oc1c(Cl)nc(-c2ccncc2)nc1NS(=O)(=O)Nc1ccccn1.COc1ccccc1Oc1c(NS(=O)(=O)Nc2ccccn2)nc(-c2ccncc2)nc1OC. The topological polar surface area (TPSA) is 266 Å². The molecule has 0 saturated carbocycles. The zero-order chi connectivity index (χ0) is 47.2. The fraction of sp³-hybridized carbons (Fsp3) is 0.0698. The lowest BCUT2D eigenvalue weighted by Crippen LogP contribution is -2.23. The number of anilines is 4. The Morgan fingerprint density at radius 2 is 0.866 bits per heavy atom. The van der Waals surface area contributed by atoms with Crippen LogP contribution in [-0.2, 0) is 20.4 Å². The van der Waals surface area contributed by atoms with Gasteiger partial charge in [0.1, 0.15) is 11.6 Å². The third-order valence-electron chi connectivity index (χ3n) is 8.56. The maximum Gasteiger partial charge on any atom is 0.323 e. The molecule has 8 aromatic rings. The molecule has 0 unspecified atom stereocenters. The predicted molar refractivity (Wildman–Crippen MR) is 249 cm³/mol. The van der Waals surface area contributed by atoms with Crippen LogP contribution in [0.2, 0.25) is 5.15 Å². The van der Waals surface area contributed by atoms with Gasteiger partial charge in [0.15, 0.2) is 51.4 Å². The van der Waals surface area contributed by atoms with Gasteiger partial charge in [0.05, 0.1) is 21.3 Å². The third kappa shape index (κ3) is 12.4. The van der Waals surface area contributed by atoms with Crippen LogP contribution in [0.15, 0.2) is 146 Å². The first-order valence-electron chi connectivity index (χ1n) is 19.3. The largest absolute Gasteiger partial charge is 0.493 e. The van der Waals surface area contributed by atoms with Crippen molar-refractivity contribution in [2.24, 2.45) is 0 Å². The molecule has 6 heterocycles. The minimum Gasteiger partial charge on any atom is -0.493 e. The highest BCUT2D eigenvalue weighted by Crippen LogP contribution is 2.42. The average Bonchev–Trinajstić information content (AvgIpc) is 3.34. The molecule has 342 valence electrons. The zero-order valence-corrected chi connectivity index (χ0v) is 37.7. The van der Waals surface area contributed by atoms with Gasteiger partial charge in [-0.3, -0.25) is 19.4 Å². The second kappa shape index (κ2) is 21.5. The highest BCUT2D eigenvalue weighted by molar-refractivity contribution is 7.94. The van der Waals surface area contributed by atoms with Crippen LogP contribution in [0.3, 0.4) is 0 Å². The molecule has 4 N–H and O–H groups in total. The van der Waals surface area contributed by atoms with Gasteiger partial charge in [-0.2, -0.15) is 21.8 Å². The summed E-state index contributed by atoms with van der Waals surface area (Å²) in [5, 5.41) is -0.113. The number of benzene rings is 2. The summed E-state index contributed by atoms with van der Waals surface area (Å²) in [6.07, 6.45) is 9.16. The maximum atomic E-state index is 12.9. The fourth-order valence-corrected chi connectivity index (χ4v) is 7.51. The summed E-state index contributed by atoms with van der Waals surface area (Å²) in [6, 6.07) is 30.0. The van der Waals surface area contributed by atoms with Crippen molar-refractivity contribution in [2.75, 3.05) is 40.2 Å². The van der Waals surface area contributed by atoms with E-state index in [9.17, 15) is 16.8 Å². The van der Waals surface area contributed by atoms with Gasteiger partial charge in [0.25, 0.3) is 5.88 Å². The smallest absolute Gasteiger partial charge is 0.323 e. The molecular weight excluding hydrogens is 928 g/mol. The highest BCUT2D eigenvalue weighted by Gasteiger charge is 2.25. The van der Waals surface area contributed by atoms with E-state index >= 15 is 0 Å². The summed E-state index contributed by atoms with van der Waals surface area (Å²) in [7, 11) is -3.99. The monoisotopic (exact) mass is 964 g/mol. The summed E-state index contributed by atoms with van der Waals surface area (Å²) in [6.45, 7) is 0. The molecule has 0 aliphatic heterocycles. The lowest BCUT2D eigenvalue weighted by atomic mass is 10.2. The lowest BCUT2D eigenvalue weighted by Gasteiger charge is -2.17. The summed E-state index contributed by atoms with van der Waals surface area (Å²) in [5.41, 5.74) is 1.17. The van der Waals surface area contributed by atoms with Gasteiger partial charge in [0, 0.05) is 48.3 Å². The standard InChI is InChI=1S/C22H20N6O5S.C21H17ClN6O4S/c1-31-16-7-3-4-8-17(16)33-19-21(28-34(29,30)27-18-9-5-6-12-24-18)25-20(26-22(19)32-2)15-10-13-23-14-11-15;1-31-15-6-2-3-7-16(15)32-18-19(22)25-20(14-9-12-23-13-10-14)26-21(18)28-33(29,30)27-17-8-4-5-11-24-17/h3-14H,1-2H3,(H,24,27)(H,25,26,28);2-13H,1H3,(H,24,27)(H,25,26,28). The first-order chi connectivity index (χ1) is 32.4. The van der Waals surface area contributed by atoms with E-state index in [-0.39, 0.29) is 57.5 Å². The number of aromatic nitrogens is 8. The van der Waals surface area contributed by atoms with Crippen molar-refractivity contribution in [1.29, 1.82) is 0 Å². The van der Waals surface area contributed by atoms with Gasteiger partial charge < -0.3 is 23.7 Å². The third-order valence-corrected chi connectivity index (χ3v) is 10.7. The molecule has 8 rings (SSSR count). The molecule has 0 atom stereocenters. The first kappa shape index (κ1) is 46.6. The molecule has 6 aromatic heterocycles. The Balaban J connectivity index is 0.000000199. The van der Waals surface area contributed by atoms with Gasteiger partial charge in [-0.15, -0.1) is 0 Å². The van der Waals surface area contributed by atoms with Crippen molar-refractivity contribution in [3.05, 3.63) is 152 Å². The van der Waals surface area contributed by atoms with E-state index in [1.807, 2.05) is 0 Å². The molecule has 0 fully saturated rings. The Labute approximate surface area is 389 Å².